The fraction of sp³-hybridized carbons (Fsp3) is 0. The molecule has 0 atom stereocenters. The maximum Gasteiger partial charge on any atom is 0.185 e. The first kappa shape index (κ1) is 13.0. The number of rotatable bonds is 3. The molecule has 0 amide bonds. The Morgan fingerprint density at radius 1 is 1.10 bits per heavy atom. The number of nitrogens with zero attached hydrogens (tertiary/aromatic N) is 2. The second-order valence-electron chi connectivity index (χ2n) is 4.06. The van der Waals surface area contributed by atoms with Gasteiger partial charge in [-0.1, -0.05) is 23.2 Å². The van der Waals surface area contributed by atoms with Crippen molar-refractivity contribution in [3.63, 3.8) is 0 Å². The van der Waals surface area contributed by atoms with E-state index in [1.54, 1.807) is 23.0 Å². The molecule has 0 bridgehead atoms. The largest absolute Gasteiger partial charge is 0.453 e. The van der Waals surface area contributed by atoms with Crippen molar-refractivity contribution in [1.29, 1.82) is 0 Å². The maximum atomic E-state index is 10.6. The molecule has 0 saturated carbocycles. The van der Waals surface area contributed by atoms with Gasteiger partial charge in [0, 0.05) is 11.3 Å². The van der Waals surface area contributed by atoms with E-state index < -0.39 is 0 Å². The summed E-state index contributed by atoms with van der Waals surface area (Å²) in [5.74, 6) is 0.932. The number of benzene rings is 1. The van der Waals surface area contributed by atoms with E-state index in [0.717, 1.165) is 11.3 Å². The molecule has 0 fully saturated rings. The average molecular weight is 307 g/mol. The van der Waals surface area contributed by atoms with Crippen LogP contribution in [-0.4, -0.2) is 15.8 Å². The highest BCUT2D eigenvalue weighted by molar-refractivity contribution is 6.40. The molecule has 0 aliphatic carbocycles. The molecule has 4 nitrogen and oxygen atoms in total. The van der Waals surface area contributed by atoms with Gasteiger partial charge in [0.1, 0.15) is 12.1 Å². The molecule has 100 valence electrons. The summed E-state index contributed by atoms with van der Waals surface area (Å²) < 4.78 is 7.03. The van der Waals surface area contributed by atoms with Crippen LogP contribution in [0.3, 0.4) is 0 Å². The highest BCUT2D eigenvalue weighted by atomic mass is 35.5. The lowest BCUT2D eigenvalue weighted by Gasteiger charge is -2.04. The Kier molecular flexibility index (Phi) is 3.34. The van der Waals surface area contributed by atoms with Crippen molar-refractivity contribution in [2.75, 3.05) is 0 Å². The van der Waals surface area contributed by atoms with Crippen molar-refractivity contribution >= 4 is 29.5 Å². The first-order valence-corrected chi connectivity index (χ1v) is 6.49. The Morgan fingerprint density at radius 2 is 1.85 bits per heavy atom. The second-order valence-corrected chi connectivity index (χ2v) is 4.78. The van der Waals surface area contributed by atoms with E-state index in [-0.39, 0.29) is 5.15 Å². The maximum absolute atomic E-state index is 10.6. The van der Waals surface area contributed by atoms with Gasteiger partial charge >= 0.3 is 0 Å². The lowest BCUT2D eigenvalue weighted by atomic mass is 10.1. The van der Waals surface area contributed by atoms with E-state index in [0.29, 0.717) is 23.0 Å². The fourth-order valence-corrected chi connectivity index (χ4v) is 2.17. The summed E-state index contributed by atoms with van der Waals surface area (Å²) in [7, 11) is 0. The van der Waals surface area contributed by atoms with Crippen LogP contribution in [-0.2, 0) is 0 Å². The topological polar surface area (TPSA) is 48.0 Å². The zero-order chi connectivity index (χ0) is 14.1. The number of imidazole rings is 1. The van der Waals surface area contributed by atoms with Crippen LogP contribution in [0.5, 0.6) is 0 Å². The number of carbonyl (C=O) groups excluding carboxylic acids is 1. The summed E-state index contributed by atoms with van der Waals surface area (Å²) >= 11 is 11.8. The minimum Gasteiger partial charge on any atom is -0.453 e. The molecular weight excluding hydrogens is 299 g/mol. The van der Waals surface area contributed by atoms with Crippen molar-refractivity contribution in [3.05, 3.63) is 58.8 Å². The van der Waals surface area contributed by atoms with E-state index in [2.05, 4.69) is 4.98 Å². The summed E-state index contributed by atoms with van der Waals surface area (Å²) in [5, 5.41) is 0.623. The molecule has 0 saturated heterocycles. The Bertz CT molecular complexity index is 760. The Balaban J connectivity index is 1.95. The number of hydrogen-bond donors (Lipinski definition) is 0. The minimum absolute atomic E-state index is 0.261. The lowest BCUT2D eigenvalue weighted by Crippen LogP contribution is -1.91. The number of carbonyl (C=O) groups is 1. The van der Waals surface area contributed by atoms with Crippen LogP contribution in [0.15, 0.2) is 47.1 Å². The Hall–Kier alpha value is -2.04. The molecule has 1 aromatic carbocycles. The van der Waals surface area contributed by atoms with E-state index in [4.69, 9.17) is 27.6 Å². The fourth-order valence-electron chi connectivity index (χ4n) is 1.85. The third kappa shape index (κ3) is 2.24. The van der Waals surface area contributed by atoms with Gasteiger partial charge in [0.25, 0.3) is 0 Å². The first-order valence-electron chi connectivity index (χ1n) is 5.73. The average Bonchev–Trinajstić information content (AvgIpc) is 3.08. The monoisotopic (exact) mass is 306 g/mol. The predicted molar refractivity (Wildman–Crippen MR) is 76.7 cm³/mol. The summed E-state index contributed by atoms with van der Waals surface area (Å²) in [6, 6.07) is 10.8. The van der Waals surface area contributed by atoms with Gasteiger partial charge in [-0.15, -0.1) is 0 Å². The van der Waals surface area contributed by atoms with Crippen molar-refractivity contribution < 1.29 is 9.21 Å². The highest BCUT2D eigenvalue weighted by Crippen LogP contribution is 2.26. The van der Waals surface area contributed by atoms with Gasteiger partial charge in [0.05, 0.1) is 0 Å². The summed E-state index contributed by atoms with van der Waals surface area (Å²) in [4.78, 5) is 14.5. The van der Waals surface area contributed by atoms with Gasteiger partial charge in [-0.3, -0.25) is 9.36 Å². The third-order valence-electron chi connectivity index (χ3n) is 2.84. The molecule has 0 aliphatic rings. The van der Waals surface area contributed by atoms with Gasteiger partial charge in [0.15, 0.2) is 22.4 Å². The van der Waals surface area contributed by atoms with E-state index in [1.165, 1.54) is 0 Å². The third-order valence-corrected chi connectivity index (χ3v) is 3.58. The van der Waals surface area contributed by atoms with Gasteiger partial charge < -0.3 is 4.42 Å². The van der Waals surface area contributed by atoms with Crippen molar-refractivity contribution in [1.82, 2.24) is 9.55 Å². The van der Waals surface area contributed by atoms with Crippen LogP contribution >= 0.6 is 23.2 Å². The summed E-state index contributed by atoms with van der Waals surface area (Å²) in [5.41, 5.74) is 1.70. The van der Waals surface area contributed by atoms with Crippen LogP contribution in [0.1, 0.15) is 10.6 Å². The smallest absolute Gasteiger partial charge is 0.185 e. The standard InChI is InChI=1S/C14H8Cl2N2O2/c15-13-14(16)18(8-17-13)10-3-1-9(2-4-10)12-6-5-11(7-19)20-12/h1-8H. The first-order chi connectivity index (χ1) is 9.69. The SMILES string of the molecule is O=Cc1ccc(-c2ccc(-n3cnc(Cl)c3Cl)cc2)o1. The highest BCUT2D eigenvalue weighted by Gasteiger charge is 2.09. The molecule has 0 radical (unpaired) electrons. The van der Waals surface area contributed by atoms with Crippen LogP contribution in [0.2, 0.25) is 10.3 Å². The number of hydrogen-bond acceptors (Lipinski definition) is 3. The zero-order valence-corrected chi connectivity index (χ0v) is 11.6. The molecule has 0 aliphatic heterocycles. The normalized spacial score (nSPS) is 10.7. The van der Waals surface area contributed by atoms with Crippen LogP contribution in [0.25, 0.3) is 17.0 Å². The lowest BCUT2D eigenvalue weighted by molar-refractivity contribution is 0.110. The van der Waals surface area contributed by atoms with Gasteiger partial charge in [-0.05, 0) is 36.4 Å². The quantitative estimate of drug-likeness (QED) is 0.680. The molecule has 2 heterocycles. The van der Waals surface area contributed by atoms with Gasteiger partial charge in [-0.2, -0.15) is 0 Å². The number of aromatic nitrogens is 2. The Labute approximate surface area is 124 Å². The molecule has 20 heavy (non-hydrogen) atoms. The number of halogens is 2. The summed E-state index contributed by atoms with van der Waals surface area (Å²) in [6.45, 7) is 0. The molecule has 0 spiro atoms. The van der Waals surface area contributed by atoms with Crippen molar-refractivity contribution in [2.24, 2.45) is 0 Å². The molecule has 3 aromatic rings. The molecule has 6 heteroatoms. The molecule has 0 N–H and O–H groups in total. The zero-order valence-electron chi connectivity index (χ0n) is 10.1. The molecule has 0 unspecified atom stereocenters. The predicted octanol–water partition coefficient (Wildman–Crippen LogP) is 4.25. The number of furan rings is 1. The minimum atomic E-state index is 0.261. The van der Waals surface area contributed by atoms with Crippen LogP contribution in [0, 0.1) is 0 Å². The molecule has 3 rings (SSSR count). The number of aldehydes is 1. The summed E-state index contributed by atoms with van der Waals surface area (Å²) in [6.07, 6.45) is 2.22. The van der Waals surface area contributed by atoms with E-state index >= 15 is 0 Å². The Morgan fingerprint density at radius 3 is 2.40 bits per heavy atom. The molecular formula is C14H8Cl2N2O2. The van der Waals surface area contributed by atoms with Crippen molar-refractivity contribution in [3.8, 4) is 17.0 Å². The van der Waals surface area contributed by atoms with E-state index in [1.807, 2.05) is 24.3 Å². The van der Waals surface area contributed by atoms with Crippen molar-refractivity contribution in [2.45, 2.75) is 0 Å². The van der Waals surface area contributed by atoms with Crippen LogP contribution < -0.4 is 0 Å². The van der Waals surface area contributed by atoms with Gasteiger partial charge in [0.2, 0.25) is 0 Å². The molecule has 2 aromatic heterocycles. The van der Waals surface area contributed by atoms with E-state index in [9.17, 15) is 4.79 Å². The van der Waals surface area contributed by atoms with Gasteiger partial charge in [-0.25, -0.2) is 4.98 Å². The van der Waals surface area contributed by atoms with Crippen LogP contribution in [0.4, 0.5) is 0 Å². The second kappa shape index (κ2) is 5.15.